The summed E-state index contributed by atoms with van der Waals surface area (Å²) in [5.41, 5.74) is 2.12. The Kier molecular flexibility index (Phi) is 3.79. The van der Waals surface area contributed by atoms with Crippen LogP contribution in [0.15, 0.2) is 24.3 Å². The number of hydrogen-bond donors (Lipinski definition) is 1. The topological polar surface area (TPSA) is 40.5 Å². The smallest absolute Gasteiger partial charge is 0.310 e. The standard InChI is InChI=1S/C14H19NO2/c1-11(14(16)17)13-6-4-5-12(9-13)10-15-7-2-3-8-15/h4-6,9,11H,2-3,7-8,10H2,1H3,(H,16,17). The Morgan fingerprint density at radius 1 is 1.41 bits per heavy atom. The number of rotatable bonds is 4. The molecule has 0 aromatic heterocycles. The molecule has 2 rings (SSSR count). The van der Waals surface area contributed by atoms with Gasteiger partial charge in [0.15, 0.2) is 0 Å². The molecule has 92 valence electrons. The van der Waals surface area contributed by atoms with Crippen LogP contribution in [0.4, 0.5) is 0 Å². The number of carboxylic acids is 1. The number of likely N-dealkylation sites (tertiary alicyclic amines) is 1. The van der Waals surface area contributed by atoms with Gasteiger partial charge >= 0.3 is 5.97 Å². The van der Waals surface area contributed by atoms with Gasteiger partial charge in [-0.05, 0) is 44.0 Å². The quantitative estimate of drug-likeness (QED) is 0.868. The third-order valence-corrected chi connectivity index (χ3v) is 3.43. The number of nitrogens with zero attached hydrogens (tertiary/aromatic N) is 1. The lowest BCUT2D eigenvalue weighted by Crippen LogP contribution is -2.18. The minimum atomic E-state index is -0.761. The zero-order valence-corrected chi connectivity index (χ0v) is 10.2. The van der Waals surface area contributed by atoms with Gasteiger partial charge in [-0.1, -0.05) is 24.3 Å². The number of hydrogen-bond acceptors (Lipinski definition) is 2. The molecule has 17 heavy (non-hydrogen) atoms. The zero-order valence-electron chi connectivity index (χ0n) is 10.2. The van der Waals surface area contributed by atoms with E-state index in [1.165, 1.54) is 31.5 Å². The van der Waals surface area contributed by atoms with Crippen LogP contribution in [0, 0.1) is 0 Å². The SMILES string of the molecule is CC(C(=O)O)c1cccc(CN2CCCC2)c1. The Balaban J connectivity index is 2.07. The average molecular weight is 233 g/mol. The fourth-order valence-corrected chi connectivity index (χ4v) is 2.30. The summed E-state index contributed by atoms with van der Waals surface area (Å²) < 4.78 is 0. The molecule has 3 heteroatoms. The van der Waals surface area contributed by atoms with Crippen LogP contribution in [0.1, 0.15) is 36.8 Å². The third kappa shape index (κ3) is 3.07. The summed E-state index contributed by atoms with van der Waals surface area (Å²) in [7, 11) is 0. The van der Waals surface area contributed by atoms with Crippen LogP contribution in [0.5, 0.6) is 0 Å². The monoisotopic (exact) mass is 233 g/mol. The maximum atomic E-state index is 10.9. The fraction of sp³-hybridized carbons (Fsp3) is 0.500. The Hall–Kier alpha value is -1.35. The highest BCUT2D eigenvalue weighted by molar-refractivity contribution is 5.75. The summed E-state index contributed by atoms with van der Waals surface area (Å²) in [6, 6.07) is 7.96. The van der Waals surface area contributed by atoms with Gasteiger partial charge < -0.3 is 5.11 Å². The van der Waals surface area contributed by atoms with Crippen molar-refractivity contribution >= 4 is 5.97 Å². The van der Waals surface area contributed by atoms with E-state index in [-0.39, 0.29) is 0 Å². The second kappa shape index (κ2) is 5.32. The molecule has 1 aliphatic rings. The van der Waals surface area contributed by atoms with E-state index in [1.54, 1.807) is 6.92 Å². The molecule has 0 bridgehead atoms. The lowest BCUT2D eigenvalue weighted by molar-refractivity contribution is -0.138. The summed E-state index contributed by atoms with van der Waals surface area (Å²) in [4.78, 5) is 13.4. The average Bonchev–Trinajstić information content (AvgIpc) is 2.81. The predicted octanol–water partition coefficient (Wildman–Crippen LogP) is 2.47. The van der Waals surface area contributed by atoms with Gasteiger partial charge in [-0.3, -0.25) is 9.69 Å². The number of aliphatic carboxylic acids is 1. The van der Waals surface area contributed by atoms with Crippen molar-refractivity contribution in [2.75, 3.05) is 13.1 Å². The number of carbonyl (C=O) groups is 1. The van der Waals surface area contributed by atoms with Crippen LogP contribution in [0.3, 0.4) is 0 Å². The molecule has 0 aliphatic carbocycles. The fourth-order valence-electron chi connectivity index (χ4n) is 2.30. The Labute approximate surface area is 102 Å². The van der Waals surface area contributed by atoms with E-state index in [9.17, 15) is 4.79 Å². The van der Waals surface area contributed by atoms with Gasteiger partial charge in [0, 0.05) is 6.54 Å². The van der Waals surface area contributed by atoms with Gasteiger partial charge in [0.25, 0.3) is 0 Å². The van der Waals surface area contributed by atoms with E-state index >= 15 is 0 Å². The molecule has 0 saturated carbocycles. The van der Waals surface area contributed by atoms with E-state index in [0.717, 1.165) is 12.1 Å². The van der Waals surface area contributed by atoms with Crippen LogP contribution in [0.2, 0.25) is 0 Å². The van der Waals surface area contributed by atoms with Crippen LogP contribution >= 0.6 is 0 Å². The molecular weight excluding hydrogens is 214 g/mol. The van der Waals surface area contributed by atoms with Crippen LogP contribution in [0.25, 0.3) is 0 Å². The van der Waals surface area contributed by atoms with Crippen molar-refractivity contribution in [2.45, 2.75) is 32.2 Å². The normalized spacial score (nSPS) is 18.2. The van der Waals surface area contributed by atoms with Gasteiger partial charge in [-0.15, -0.1) is 0 Å². The van der Waals surface area contributed by atoms with E-state index < -0.39 is 11.9 Å². The molecular formula is C14H19NO2. The van der Waals surface area contributed by atoms with Crippen LogP contribution < -0.4 is 0 Å². The Bertz CT molecular complexity index is 397. The molecule has 1 saturated heterocycles. The molecule has 1 atom stereocenters. The van der Waals surface area contributed by atoms with Gasteiger partial charge in [-0.2, -0.15) is 0 Å². The largest absolute Gasteiger partial charge is 0.481 e. The van der Waals surface area contributed by atoms with E-state index in [2.05, 4.69) is 11.0 Å². The highest BCUT2D eigenvalue weighted by atomic mass is 16.4. The first-order valence-corrected chi connectivity index (χ1v) is 6.21. The molecule has 1 aromatic carbocycles. The number of carboxylic acid groups (broad SMARTS) is 1. The Morgan fingerprint density at radius 2 is 2.12 bits per heavy atom. The van der Waals surface area contributed by atoms with Crippen molar-refractivity contribution in [1.29, 1.82) is 0 Å². The second-order valence-corrected chi connectivity index (χ2v) is 4.79. The highest BCUT2D eigenvalue weighted by Gasteiger charge is 2.15. The summed E-state index contributed by atoms with van der Waals surface area (Å²) in [6.45, 7) is 5.01. The lowest BCUT2D eigenvalue weighted by Gasteiger charge is -2.16. The van der Waals surface area contributed by atoms with Gasteiger partial charge in [0.2, 0.25) is 0 Å². The van der Waals surface area contributed by atoms with Crippen LogP contribution in [-0.2, 0) is 11.3 Å². The molecule has 0 radical (unpaired) electrons. The minimum absolute atomic E-state index is 0.423. The molecule has 1 unspecified atom stereocenters. The molecule has 1 aliphatic heterocycles. The van der Waals surface area contributed by atoms with Crippen molar-refractivity contribution in [1.82, 2.24) is 4.90 Å². The van der Waals surface area contributed by atoms with Gasteiger partial charge in [0.1, 0.15) is 0 Å². The van der Waals surface area contributed by atoms with Crippen molar-refractivity contribution in [3.05, 3.63) is 35.4 Å². The maximum absolute atomic E-state index is 10.9. The molecule has 1 N–H and O–H groups in total. The van der Waals surface area contributed by atoms with Crippen LogP contribution in [-0.4, -0.2) is 29.1 Å². The van der Waals surface area contributed by atoms with Gasteiger partial charge in [-0.25, -0.2) is 0 Å². The van der Waals surface area contributed by atoms with Crippen molar-refractivity contribution in [3.8, 4) is 0 Å². The summed E-state index contributed by atoms with van der Waals surface area (Å²) in [6.07, 6.45) is 2.57. The van der Waals surface area contributed by atoms with E-state index in [1.807, 2.05) is 18.2 Å². The molecule has 3 nitrogen and oxygen atoms in total. The Morgan fingerprint density at radius 3 is 2.76 bits per heavy atom. The summed E-state index contributed by atoms with van der Waals surface area (Å²) in [5.74, 6) is -1.18. The predicted molar refractivity (Wildman–Crippen MR) is 67.0 cm³/mol. The highest BCUT2D eigenvalue weighted by Crippen LogP contribution is 2.19. The minimum Gasteiger partial charge on any atom is -0.481 e. The van der Waals surface area contributed by atoms with Gasteiger partial charge in [0.05, 0.1) is 5.92 Å². The number of benzene rings is 1. The van der Waals surface area contributed by atoms with E-state index in [4.69, 9.17) is 5.11 Å². The van der Waals surface area contributed by atoms with Crippen molar-refractivity contribution in [2.24, 2.45) is 0 Å². The first-order valence-electron chi connectivity index (χ1n) is 6.21. The zero-order chi connectivity index (χ0) is 12.3. The third-order valence-electron chi connectivity index (χ3n) is 3.43. The van der Waals surface area contributed by atoms with Crippen molar-refractivity contribution < 1.29 is 9.90 Å². The van der Waals surface area contributed by atoms with E-state index in [0.29, 0.717) is 0 Å². The molecule has 1 aromatic rings. The second-order valence-electron chi connectivity index (χ2n) is 4.79. The van der Waals surface area contributed by atoms with Crippen molar-refractivity contribution in [3.63, 3.8) is 0 Å². The molecule has 0 spiro atoms. The maximum Gasteiger partial charge on any atom is 0.310 e. The summed E-state index contributed by atoms with van der Waals surface area (Å²) in [5, 5.41) is 9.00. The molecule has 1 fully saturated rings. The lowest BCUT2D eigenvalue weighted by atomic mass is 9.99. The first kappa shape index (κ1) is 12.1. The molecule has 0 amide bonds. The molecule has 1 heterocycles. The first-order chi connectivity index (χ1) is 8.16. The summed E-state index contributed by atoms with van der Waals surface area (Å²) >= 11 is 0.